The van der Waals surface area contributed by atoms with Crippen LogP contribution >= 0.6 is 0 Å². The predicted octanol–water partition coefficient (Wildman–Crippen LogP) is 5.29. The first-order valence-electron chi connectivity index (χ1n) is 10.1. The third-order valence-corrected chi connectivity index (χ3v) is 4.58. The Bertz CT molecular complexity index is 1210. The van der Waals surface area contributed by atoms with Crippen LogP contribution < -0.4 is 10.2 Å². The van der Waals surface area contributed by atoms with Crippen LogP contribution in [0.5, 0.6) is 5.75 Å². The van der Waals surface area contributed by atoms with E-state index in [1.54, 1.807) is 24.5 Å². The average Bonchev–Trinajstić information content (AvgIpc) is 3.30. The molecule has 0 unspecified atom stereocenters. The molecule has 156 valence electrons. The maximum atomic E-state index is 12.9. The van der Waals surface area contributed by atoms with Crippen LogP contribution in [0.15, 0.2) is 82.5 Å². The van der Waals surface area contributed by atoms with E-state index in [9.17, 15) is 4.79 Å². The molecule has 2 aromatic heterocycles. The van der Waals surface area contributed by atoms with Gasteiger partial charge in [-0.1, -0.05) is 44.2 Å². The maximum Gasteiger partial charge on any atom is 0.272 e. The number of hydrogen-bond acceptors (Lipinski definition) is 5. The Labute approximate surface area is 180 Å². The molecule has 2 heterocycles. The van der Waals surface area contributed by atoms with Crippen molar-refractivity contribution in [2.24, 2.45) is 11.0 Å². The van der Waals surface area contributed by atoms with Crippen molar-refractivity contribution in [3.63, 3.8) is 0 Å². The van der Waals surface area contributed by atoms with Gasteiger partial charge in [-0.05, 0) is 42.3 Å². The largest absolute Gasteiger partial charge is 0.493 e. The van der Waals surface area contributed by atoms with Crippen molar-refractivity contribution < 1.29 is 13.9 Å². The lowest BCUT2D eigenvalue weighted by Gasteiger charge is -2.11. The molecule has 0 saturated carbocycles. The number of amides is 1. The fraction of sp³-hybridized carbons (Fsp3) is 0.160. The van der Waals surface area contributed by atoms with Gasteiger partial charge in [0.15, 0.2) is 0 Å². The van der Waals surface area contributed by atoms with Crippen molar-refractivity contribution in [3.8, 4) is 17.0 Å². The van der Waals surface area contributed by atoms with Crippen LogP contribution in [-0.2, 0) is 0 Å². The summed E-state index contributed by atoms with van der Waals surface area (Å²) in [5.41, 5.74) is 5.36. The summed E-state index contributed by atoms with van der Waals surface area (Å²) in [6.45, 7) is 4.85. The molecule has 6 heteroatoms. The number of aromatic nitrogens is 1. The summed E-state index contributed by atoms with van der Waals surface area (Å²) < 4.78 is 11.0. The summed E-state index contributed by atoms with van der Waals surface area (Å²) in [6, 6.07) is 20.6. The highest BCUT2D eigenvalue weighted by atomic mass is 16.5. The van der Waals surface area contributed by atoms with Crippen LogP contribution in [0, 0.1) is 5.92 Å². The minimum Gasteiger partial charge on any atom is -0.493 e. The Morgan fingerprint density at radius 2 is 2.00 bits per heavy atom. The normalized spacial score (nSPS) is 11.3. The number of para-hydroxylation sites is 1. The van der Waals surface area contributed by atoms with Crippen molar-refractivity contribution in [1.82, 2.24) is 10.4 Å². The maximum absolute atomic E-state index is 12.9. The van der Waals surface area contributed by atoms with Gasteiger partial charge in [-0.15, -0.1) is 0 Å². The molecule has 0 aliphatic heterocycles. The Balaban J connectivity index is 1.66. The van der Waals surface area contributed by atoms with Crippen LogP contribution in [0.25, 0.3) is 22.2 Å². The number of ether oxygens (including phenoxy) is 1. The predicted molar refractivity (Wildman–Crippen MR) is 121 cm³/mol. The first-order valence-corrected chi connectivity index (χ1v) is 10.1. The lowest BCUT2D eigenvalue weighted by atomic mass is 10.0. The molecule has 0 aliphatic carbocycles. The molecule has 1 N–H and O–H groups in total. The second kappa shape index (κ2) is 9.26. The number of nitrogens with one attached hydrogen (secondary N) is 1. The zero-order chi connectivity index (χ0) is 21.6. The molecular formula is C25H23N3O3. The van der Waals surface area contributed by atoms with Crippen LogP contribution in [0.1, 0.15) is 30.0 Å². The van der Waals surface area contributed by atoms with E-state index >= 15 is 0 Å². The van der Waals surface area contributed by atoms with E-state index in [1.165, 1.54) is 6.21 Å². The first kappa shape index (κ1) is 20.3. The highest BCUT2D eigenvalue weighted by molar-refractivity contribution is 6.07. The van der Waals surface area contributed by atoms with Gasteiger partial charge in [0.1, 0.15) is 11.5 Å². The molecule has 0 bridgehead atoms. The molecule has 2 aromatic carbocycles. The number of hydrazone groups is 1. The quantitative estimate of drug-likeness (QED) is 0.330. The summed E-state index contributed by atoms with van der Waals surface area (Å²) in [4.78, 5) is 17.7. The average molecular weight is 413 g/mol. The third kappa shape index (κ3) is 4.98. The van der Waals surface area contributed by atoms with Crippen LogP contribution in [0.2, 0.25) is 0 Å². The second-order valence-electron chi connectivity index (χ2n) is 7.52. The fourth-order valence-electron chi connectivity index (χ4n) is 3.10. The van der Waals surface area contributed by atoms with Gasteiger partial charge < -0.3 is 9.15 Å². The molecular weight excluding hydrogens is 390 g/mol. The van der Waals surface area contributed by atoms with Crippen LogP contribution in [0.3, 0.4) is 0 Å². The van der Waals surface area contributed by atoms with Gasteiger partial charge in [0.05, 0.1) is 35.9 Å². The molecule has 6 nitrogen and oxygen atoms in total. The highest BCUT2D eigenvalue weighted by Gasteiger charge is 2.14. The number of hydrogen-bond donors (Lipinski definition) is 1. The van der Waals surface area contributed by atoms with Gasteiger partial charge in [-0.3, -0.25) is 4.79 Å². The number of rotatable bonds is 7. The number of furan rings is 1. The molecule has 31 heavy (non-hydrogen) atoms. The van der Waals surface area contributed by atoms with Crippen molar-refractivity contribution in [2.45, 2.75) is 13.8 Å². The molecule has 0 spiro atoms. The lowest BCUT2D eigenvalue weighted by Crippen LogP contribution is -2.18. The molecule has 0 fully saturated rings. The van der Waals surface area contributed by atoms with E-state index in [2.05, 4.69) is 24.4 Å². The van der Waals surface area contributed by atoms with Crippen LogP contribution in [0.4, 0.5) is 0 Å². The number of pyridine rings is 1. The minimum absolute atomic E-state index is 0.324. The molecule has 0 aliphatic rings. The Kier molecular flexibility index (Phi) is 6.08. The molecule has 0 atom stereocenters. The molecule has 1 amide bonds. The first-order chi connectivity index (χ1) is 15.1. The standard InChI is InChI=1S/C25H23N3O3/c1-17(2)16-31-19-8-5-7-18(13-19)24-14-22(21-10-3-4-11-23(21)27-24)25(29)28-26-15-20-9-6-12-30-20/h3-15,17H,16H2,1-2H3,(H,28,29)/b26-15-. The van der Waals surface area contributed by atoms with Crippen LogP contribution in [-0.4, -0.2) is 23.7 Å². The van der Waals surface area contributed by atoms with Gasteiger partial charge in [-0.2, -0.15) is 5.10 Å². The SMILES string of the molecule is CC(C)COc1cccc(-c2cc(C(=O)N/N=C\c3ccco3)c3ccccc3n2)c1. The van der Waals surface area contributed by atoms with E-state index in [-0.39, 0.29) is 5.91 Å². The Hall–Kier alpha value is -3.93. The Morgan fingerprint density at radius 1 is 1.13 bits per heavy atom. The fourth-order valence-corrected chi connectivity index (χ4v) is 3.10. The van der Waals surface area contributed by atoms with Crippen molar-refractivity contribution in [3.05, 3.63) is 84.3 Å². The molecule has 0 radical (unpaired) electrons. The number of fused-ring (bicyclic) bond motifs is 1. The van der Waals surface area contributed by atoms with Gasteiger partial charge in [0.25, 0.3) is 5.91 Å². The van der Waals surface area contributed by atoms with Gasteiger partial charge in [0.2, 0.25) is 0 Å². The molecule has 4 rings (SSSR count). The van der Waals surface area contributed by atoms with Gasteiger partial charge in [-0.25, -0.2) is 10.4 Å². The smallest absolute Gasteiger partial charge is 0.272 e. The van der Waals surface area contributed by atoms with E-state index in [1.807, 2.05) is 48.5 Å². The van der Waals surface area contributed by atoms with Crippen molar-refractivity contribution in [1.29, 1.82) is 0 Å². The second-order valence-corrected chi connectivity index (χ2v) is 7.52. The minimum atomic E-state index is -0.324. The monoisotopic (exact) mass is 413 g/mol. The molecule has 0 saturated heterocycles. The highest BCUT2D eigenvalue weighted by Crippen LogP contribution is 2.27. The van der Waals surface area contributed by atoms with E-state index in [0.29, 0.717) is 29.5 Å². The number of carbonyl (C=O) groups excluding carboxylic acids is 1. The van der Waals surface area contributed by atoms with E-state index in [0.717, 1.165) is 22.2 Å². The van der Waals surface area contributed by atoms with E-state index in [4.69, 9.17) is 14.1 Å². The summed E-state index contributed by atoms with van der Waals surface area (Å²) in [6.07, 6.45) is 3.00. The number of benzene rings is 2. The topological polar surface area (TPSA) is 76.7 Å². The summed E-state index contributed by atoms with van der Waals surface area (Å²) >= 11 is 0. The Morgan fingerprint density at radius 3 is 2.81 bits per heavy atom. The number of nitrogens with zero attached hydrogens (tertiary/aromatic N) is 2. The summed E-state index contributed by atoms with van der Waals surface area (Å²) in [7, 11) is 0. The zero-order valence-corrected chi connectivity index (χ0v) is 17.4. The summed E-state index contributed by atoms with van der Waals surface area (Å²) in [5.74, 6) is 1.43. The van der Waals surface area contributed by atoms with Crippen molar-refractivity contribution in [2.75, 3.05) is 6.61 Å². The number of carbonyl (C=O) groups is 1. The third-order valence-electron chi connectivity index (χ3n) is 4.58. The van der Waals surface area contributed by atoms with Gasteiger partial charge in [0, 0.05) is 10.9 Å². The lowest BCUT2D eigenvalue weighted by molar-refractivity contribution is 0.0956. The molecule has 4 aromatic rings. The van der Waals surface area contributed by atoms with Gasteiger partial charge >= 0.3 is 0 Å². The zero-order valence-electron chi connectivity index (χ0n) is 17.4. The summed E-state index contributed by atoms with van der Waals surface area (Å²) in [5, 5.41) is 4.75. The van der Waals surface area contributed by atoms with E-state index < -0.39 is 0 Å². The van der Waals surface area contributed by atoms with Crippen molar-refractivity contribution >= 4 is 23.0 Å².